The SMILES string of the molecule is Cc1cc(C(=O)NCC2CCCC2CN)ccc1F. The maximum absolute atomic E-state index is 13.1. The van der Waals surface area contributed by atoms with E-state index in [1.807, 2.05) is 0 Å². The van der Waals surface area contributed by atoms with E-state index >= 15 is 0 Å². The lowest BCUT2D eigenvalue weighted by Gasteiger charge is -2.18. The monoisotopic (exact) mass is 264 g/mol. The Hall–Kier alpha value is -1.42. The van der Waals surface area contributed by atoms with Crippen LogP contribution in [0.4, 0.5) is 4.39 Å². The predicted molar refractivity (Wildman–Crippen MR) is 73.4 cm³/mol. The van der Waals surface area contributed by atoms with Gasteiger partial charge < -0.3 is 11.1 Å². The van der Waals surface area contributed by atoms with E-state index < -0.39 is 0 Å². The van der Waals surface area contributed by atoms with E-state index in [1.54, 1.807) is 13.0 Å². The van der Waals surface area contributed by atoms with Crippen LogP contribution in [0.15, 0.2) is 18.2 Å². The van der Waals surface area contributed by atoms with Crippen LogP contribution in [0, 0.1) is 24.6 Å². The summed E-state index contributed by atoms with van der Waals surface area (Å²) < 4.78 is 13.1. The third-order valence-corrected chi connectivity index (χ3v) is 4.06. The number of aryl methyl sites for hydroxylation is 1. The molecule has 1 aliphatic carbocycles. The highest BCUT2D eigenvalue weighted by atomic mass is 19.1. The highest BCUT2D eigenvalue weighted by Gasteiger charge is 2.26. The molecular weight excluding hydrogens is 243 g/mol. The fraction of sp³-hybridized carbons (Fsp3) is 0.533. The Morgan fingerprint density at radius 1 is 1.42 bits per heavy atom. The Labute approximate surface area is 113 Å². The maximum Gasteiger partial charge on any atom is 0.251 e. The molecule has 0 spiro atoms. The summed E-state index contributed by atoms with van der Waals surface area (Å²) >= 11 is 0. The van der Waals surface area contributed by atoms with Crippen molar-refractivity contribution < 1.29 is 9.18 Å². The molecule has 1 saturated carbocycles. The topological polar surface area (TPSA) is 55.1 Å². The third kappa shape index (κ3) is 3.32. The van der Waals surface area contributed by atoms with Crippen molar-refractivity contribution in [3.63, 3.8) is 0 Å². The average Bonchev–Trinajstić information content (AvgIpc) is 2.86. The highest BCUT2D eigenvalue weighted by Crippen LogP contribution is 2.30. The van der Waals surface area contributed by atoms with Crippen LogP contribution in [0.2, 0.25) is 0 Å². The van der Waals surface area contributed by atoms with Gasteiger partial charge in [-0.25, -0.2) is 4.39 Å². The second-order valence-electron chi connectivity index (χ2n) is 5.36. The maximum atomic E-state index is 13.1. The predicted octanol–water partition coefficient (Wildman–Crippen LogP) is 2.24. The number of carbonyl (C=O) groups excluding carboxylic acids is 1. The van der Waals surface area contributed by atoms with Crippen LogP contribution in [0.3, 0.4) is 0 Å². The first-order valence-corrected chi connectivity index (χ1v) is 6.86. The molecule has 3 nitrogen and oxygen atoms in total. The molecule has 0 bridgehead atoms. The normalized spacial score (nSPS) is 22.5. The van der Waals surface area contributed by atoms with Crippen molar-refractivity contribution in [2.24, 2.45) is 17.6 Å². The number of carbonyl (C=O) groups is 1. The van der Waals surface area contributed by atoms with E-state index in [-0.39, 0.29) is 11.7 Å². The smallest absolute Gasteiger partial charge is 0.251 e. The number of rotatable bonds is 4. The van der Waals surface area contributed by atoms with Crippen molar-refractivity contribution in [2.75, 3.05) is 13.1 Å². The summed E-state index contributed by atoms with van der Waals surface area (Å²) in [5, 5.41) is 2.93. The van der Waals surface area contributed by atoms with Gasteiger partial charge in [-0.3, -0.25) is 4.79 Å². The molecule has 0 radical (unpaired) electrons. The molecule has 1 aromatic rings. The highest BCUT2D eigenvalue weighted by molar-refractivity contribution is 5.94. The second-order valence-corrected chi connectivity index (χ2v) is 5.36. The molecule has 0 heterocycles. The molecule has 19 heavy (non-hydrogen) atoms. The van der Waals surface area contributed by atoms with Gasteiger partial charge in [0, 0.05) is 12.1 Å². The molecule has 1 fully saturated rings. The van der Waals surface area contributed by atoms with Crippen LogP contribution in [-0.4, -0.2) is 19.0 Å². The van der Waals surface area contributed by atoms with Crippen LogP contribution < -0.4 is 11.1 Å². The van der Waals surface area contributed by atoms with E-state index in [0.717, 1.165) is 12.8 Å². The fourth-order valence-corrected chi connectivity index (χ4v) is 2.80. The number of amides is 1. The van der Waals surface area contributed by atoms with Crippen molar-refractivity contribution in [1.29, 1.82) is 0 Å². The summed E-state index contributed by atoms with van der Waals surface area (Å²) in [7, 11) is 0. The Bertz CT molecular complexity index is 461. The van der Waals surface area contributed by atoms with Gasteiger partial charge in [0.15, 0.2) is 0 Å². The fourth-order valence-electron chi connectivity index (χ4n) is 2.80. The molecule has 1 aromatic carbocycles. The van der Waals surface area contributed by atoms with E-state index in [9.17, 15) is 9.18 Å². The van der Waals surface area contributed by atoms with Gasteiger partial charge in [-0.15, -0.1) is 0 Å². The number of halogens is 1. The lowest BCUT2D eigenvalue weighted by Crippen LogP contribution is -2.32. The molecule has 0 aromatic heterocycles. The summed E-state index contributed by atoms with van der Waals surface area (Å²) in [6.45, 7) is 3.01. The van der Waals surface area contributed by atoms with E-state index in [1.165, 1.54) is 18.6 Å². The molecule has 1 amide bonds. The zero-order chi connectivity index (χ0) is 13.8. The molecule has 2 rings (SSSR count). The van der Waals surface area contributed by atoms with Crippen LogP contribution in [0.1, 0.15) is 35.2 Å². The minimum atomic E-state index is -0.282. The van der Waals surface area contributed by atoms with Crippen LogP contribution in [-0.2, 0) is 0 Å². The van der Waals surface area contributed by atoms with Crippen LogP contribution in [0.25, 0.3) is 0 Å². The van der Waals surface area contributed by atoms with Crippen molar-refractivity contribution in [2.45, 2.75) is 26.2 Å². The minimum absolute atomic E-state index is 0.134. The number of nitrogens with one attached hydrogen (secondary N) is 1. The number of hydrogen-bond acceptors (Lipinski definition) is 2. The van der Waals surface area contributed by atoms with Crippen molar-refractivity contribution in [1.82, 2.24) is 5.32 Å². The van der Waals surface area contributed by atoms with E-state index in [2.05, 4.69) is 5.32 Å². The van der Waals surface area contributed by atoms with Crippen LogP contribution in [0.5, 0.6) is 0 Å². The zero-order valence-corrected chi connectivity index (χ0v) is 11.3. The van der Waals surface area contributed by atoms with Gasteiger partial charge in [-0.05, 0) is 61.9 Å². The number of nitrogens with two attached hydrogens (primary N) is 1. The quantitative estimate of drug-likeness (QED) is 0.876. The molecule has 2 atom stereocenters. The molecule has 1 aliphatic rings. The standard InChI is InChI=1S/C15H21FN2O/c1-10-7-11(5-6-14(10)16)15(19)18-9-13-4-2-3-12(13)8-17/h5-7,12-13H,2-4,8-9,17H2,1H3,(H,18,19). The van der Waals surface area contributed by atoms with Crippen LogP contribution >= 0.6 is 0 Å². The van der Waals surface area contributed by atoms with Crippen molar-refractivity contribution in [3.05, 3.63) is 35.1 Å². The average molecular weight is 264 g/mol. The summed E-state index contributed by atoms with van der Waals surface area (Å²) in [6.07, 6.45) is 3.48. The van der Waals surface area contributed by atoms with Gasteiger partial charge in [0.1, 0.15) is 5.82 Å². The van der Waals surface area contributed by atoms with Crippen molar-refractivity contribution >= 4 is 5.91 Å². The molecule has 0 aliphatic heterocycles. The first-order valence-electron chi connectivity index (χ1n) is 6.86. The summed E-state index contributed by atoms with van der Waals surface area (Å²) in [4.78, 5) is 12.0. The molecular formula is C15H21FN2O. The van der Waals surface area contributed by atoms with Gasteiger partial charge in [-0.1, -0.05) is 6.42 Å². The van der Waals surface area contributed by atoms with Gasteiger partial charge in [0.2, 0.25) is 0 Å². The first-order chi connectivity index (χ1) is 9.11. The summed E-state index contributed by atoms with van der Waals surface area (Å²) in [6, 6.07) is 4.44. The van der Waals surface area contributed by atoms with Gasteiger partial charge in [0.25, 0.3) is 5.91 Å². The first kappa shape index (κ1) is 14.0. The number of benzene rings is 1. The third-order valence-electron chi connectivity index (χ3n) is 4.06. The Kier molecular flexibility index (Phi) is 4.53. The largest absolute Gasteiger partial charge is 0.352 e. The molecule has 0 saturated heterocycles. The summed E-state index contributed by atoms with van der Waals surface area (Å²) in [5.41, 5.74) is 6.73. The molecule has 2 unspecified atom stereocenters. The zero-order valence-electron chi connectivity index (χ0n) is 11.3. The Morgan fingerprint density at radius 3 is 2.84 bits per heavy atom. The van der Waals surface area contributed by atoms with Crippen molar-refractivity contribution in [3.8, 4) is 0 Å². The van der Waals surface area contributed by atoms with Gasteiger partial charge in [-0.2, -0.15) is 0 Å². The van der Waals surface area contributed by atoms with E-state index in [4.69, 9.17) is 5.73 Å². The second kappa shape index (κ2) is 6.15. The summed E-state index contributed by atoms with van der Waals surface area (Å²) in [5.74, 6) is 0.590. The van der Waals surface area contributed by atoms with E-state index in [0.29, 0.717) is 36.1 Å². The molecule has 3 N–H and O–H groups in total. The molecule has 104 valence electrons. The lowest BCUT2D eigenvalue weighted by molar-refractivity contribution is 0.0944. The Morgan fingerprint density at radius 2 is 2.16 bits per heavy atom. The lowest BCUT2D eigenvalue weighted by atomic mass is 9.96. The minimum Gasteiger partial charge on any atom is -0.352 e. The van der Waals surface area contributed by atoms with Gasteiger partial charge >= 0.3 is 0 Å². The molecule has 4 heteroatoms. The number of hydrogen-bond donors (Lipinski definition) is 2. The van der Waals surface area contributed by atoms with Gasteiger partial charge in [0.05, 0.1) is 0 Å². The Balaban J connectivity index is 1.92.